The first-order valence-electron chi connectivity index (χ1n) is 6.27. The molecule has 6 nitrogen and oxygen atoms in total. The lowest BCUT2D eigenvalue weighted by Crippen LogP contribution is -2.31. The van der Waals surface area contributed by atoms with Crippen LogP contribution in [0.15, 0.2) is 36.5 Å². The van der Waals surface area contributed by atoms with Gasteiger partial charge in [0.2, 0.25) is 0 Å². The van der Waals surface area contributed by atoms with Crippen LogP contribution in [0.25, 0.3) is 11.8 Å². The van der Waals surface area contributed by atoms with E-state index >= 15 is 0 Å². The zero-order valence-electron chi connectivity index (χ0n) is 10.5. The SMILES string of the molecule is C(=C\N1CCOCC1)/c1nnnn1-c1ccccc1. The zero-order valence-corrected chi connectivity index (χ0v) is 10.5. The summed E-state index contributed by atoms with van der Waals surface area (Å²) in [5, 5.41) is 11.8. The second kappa shape index (κ2) is 5.62. The van der Waals surface area contributed by atoms with Gasteiger partial charge in [0.25, 0.3) is 0 Å². The molecule has 1 aromatic heterocycles. The van der Waals surface area contributed by atoms with Crippen molar-refractivity contribution in [1.29, 1.82) is 0 Å². The Hall–Kier alpha value is -2.21. The van der Waals surface area contributed by atoms with Crippen LogP contribution in [0.1, 0.15) is 5.82 Å². The minimum absolute atomic E-state index is 0.720. The summed E-state index contributed by atoms with van der Waals surface area (Å²) in [7, 11) is 0. The number of aromatic nitrogens is 4. The largest absolute Gasteiger partial charge is 0.378 e. The minimum atomic E-state index is 0.720. The van der Waals surface area contributed by atoms with Gasteiger partial charge in [-0.3, -0.25) is 0 Å². The van der Waals surface area contributed by atoms with E-state index in [2.05, 4.69) is 20.4 Å². The highest BCUT2D eigenvalue weighted by molar-refractivity contribution is 5.43. The average Bonchev–Trinajstić information content (AvgIpc) is 2.95. The van der Waals surface area contributed by atoms with Crippen molar-refractivity contribution in [2.75, 3.05) is 26.3 Å². The van der Waals surface area contributed by atoms with Gasteiger partial charge >= 0.3 is 0 Å². The Labute approximate surface area is 111 Å². The maximum absolute atomic E-state index is 5.31. The maximum atomic E-state index is 5.31. The molecular weight excluding hydrogens is 242 g/mol. The van der Waals surface area contributed by atoms with Crippen LogP contribution >= 0.6 is 0 Å². The summed E-state index contributed by atoms with van der Waals surface area (Å²) in [5.41, 5.74) is 0.953. The van der Waals surface area contributed by atoms with Crippen molar-refractivity contribution in [3.05, 3.63) is 42.4 Å². The molecule has 3 rings (SSSR count). The van der Waals surface area contributed by atoms with E-state index in [-0.39, 0.29) is 0 Å². The van der Waals surface area contributed by atoms with Crippen molar-refractivity contribution in [1.82, 2.24) is 25.1 Å². The first-order valence-corrected chi connectivity index (χ1v) is 6.27. The smallest absolute Gasteiger partial charge is 0.181 e. The van der Waals surface area contributed by atoms with Crippen LogP contribution in [-0.2, 0) is 4.74 Å². The highest BCUT2D eigenvalue weighted by Gasteiger charge is 2.07. The number of tetrazole rings is 1. The Morgan fingerprint density at radius 1 is 1.11 bits per heavy atom. The van der Waals surface area contributed by atoms with Crippen LogP contribution in [0.5, 0.6) is 0 Å². The fourth-order valence-corrected chi connectivity index (χ4v) is 1.95. The molecule has 0 unspecified atom stereocenters. The minimum Gasteiger partial charge on any atom is -0.378 e. The molecule has 2 heterocycles. The highest BCUT2D eigenvalue weighted by Crippen LogP contribution is 2.08. The number of ether oxygens (including phenoxy) is 1. The number of morpholine rings is 1. The van der Waals surface area contributed by atoms with Gasteiger partial charge in [-0.25, -0.2) is 0 Å². The molecule has 0 N–H and O–H groups in total. The average molecular weight is 257 g/mol. The summed E-state index contributed by atoms with van der Waals surface area (Å²) in [6, 6.07) is 9.85. The molecule has 1 fully saturated rings. The van der Waals surface area contributed by atoms with E-state index < -0.39 is 0 Å². The molecule has 6 heteroatoms. The van der Waals surface area contributed by atoms with Crippen molar-refractivity contribution < 1.29 is 4.74 Å². The standard InChI is InChI=1S/C13H15N5O/c1-2-4-12(5-3-1)18-13(14-15-16-18)6-7-17-8-10-19-11-9-17/h1-7H,8-11H2/b7-6+. The van der Waals surface area contributed by atoms with Crippen molar-refractivity contribution in [3.8, 4) is 5.69 Å². The molecule has 0 aliphatic carbocycles. The zero-order chi connectivity index (χ0) is 12.9. The molecule has 0 saturated carbocycles. The predicted molar refractivity (Wildman–Crippen MR) is 70.6 cm³/mol. The van der Waals surface area contributed by atoms with Gasteiger partial charge in [0.05, 0.1) is 18.9 Å². The van der Waals surface area contributed by atoms with Crippen LogP contribution < -0.4 is 0 Å². The third-order valence-corrected chi connectivity index (χ3v) is 2.97. The number of hydrogen-bond donors (Lipinski definition) is 0. The second-order valence-electron chi connectivity index (χ2n) is 4.25. The van der Waals surface area contributed by atoms with Crippen LogP contribution in [0.2, 0.25) is 0 Å². The normalized spacial score (nSPS) is 16.1. The van der Waals surface area contributed by atoms with E-state index in [9.17, 15) is 0 Å². The Bertz CT molecular complexity index is 545. The Morgan fingerprint density at radius 2 is 1.89 bits per heavy atom. The molecular formula is C13H15N5O. The van der Waals surface area contributed by atoms with Gasteiger partial charge in [-0.05, 0) is 22.6 Å². The van der Waals surface area contributed by atoms with Crippen LogP contribution in [0.3, 0.4) is 0 Å². The molecule has 0 bridgehead atoms. The third kappa shape index (κ3) is 2.79. The first kappa shape index (κ1) is 11.9. The Kier molecular flexibility index (Phi) is 3.51. The van der Waals surface area contributed by atoms with Gasteiger partial charge < -0.3 is 9.64 Å². The first-order chi connectivity index (χ1) is 9.43. The molecule has 0 amide bonds. The van der Waals surface area contributed by atoms with Gasteiger partial charge in [-0.1, -0.05) is 18.2 Å². The molecule has 19 heavy (non-hydrogen) atoms. The summed E-state index contributed by atoms with van der Waals surface area (Å²) in [4.78, 5) is 2.20. The molecule has 0 atom stereocenters. The van der Waals surface area contributed by atoms with E-state index in [1.165, 1.54) is 0 Å². The summed E-state index contributed by atoms with van der Waals surface area (Å²) in [5.74, 6) is 0.720. The highest BCUT2D eigenvalue weighted by atomic mass is 16.5. The third-order valence-electron chi connectivity index (χ3n) is 2.97. The predicted octanol–water partition coefficient (Wildman–Crippen LogP) is 0.965. The molecule has 1 aliphatic rings. The summed E-state index contributed by atoms with van der Waals surface area (Å²) < 4.78 is 7.03. The monoisotopic (exact) mass is 257 g/mol. The van der Waals surface area contributed by atoms with Crippen LogP contribution in [0.4, 0.5) is 0 Å². The van der Waals surface area contributed by atoms with Crippen molar-refractivity contribution >= 4 is 6.08 Å². The van der Waals surface area contributed by atoms with Crippen molar-refractivity contribution in [2.45, 2.75) is 0 Å². The van der Waals surface area contributed by atoms with Crippen molar-refractivity contribution in [2.24, 2.45) is 0 Å². The molecule has 1 saturated heterocycles. The van der Waals surface area contributed by atoms with E-state index in [0.29, 0.717) is 0 Å². The second-order valence-corrected chi connectivity index (χ2v) is 4.25. The summed E-state index contributed by atoms with van der Waals surface area (Å²) in [6.07, 6.45) is 3.95. The Morgan fingerprint density at radius 3 is 2.68 bits per heavy atom. The van der Waals surface area contributed by atoms with E-state index in [0.717, 1.165) is 37.8 Å². The molecule has 98 valence electrons. The number of nitrogens with zero attached hydrogens (tertiary/aromatic N) is 5. The lowest BCUT2D eigenvalue weighted by molar-refractivity contribution is 0.0597. The molecule has 0 spiro atoms. The molecule has 2 aromatic rings. The van der Waals surface area contributed by atoms with Crippen LogP contribution in [-0.4, -0.2) is 51.4 Å². The lowest BCUT2D eigenvalue weighted by atomic mass is 10.3. The van der Waals surface area contributed by atoms with Gasteiger partial charge in [-0.15, -0.1) is 5.10 Å². The topological polar surface area (TPSA) is 56.1 Å². The van der Waals surface area contributed by atoms with E-state index in [1.54, 1.807) is 4.68 Å². The molecule has 0 radical (unpaired) electrons. The lowest BCUT2D eigenvalue weighted by Gasteiger charge is -2.24. The number of rotatable bonds is 3. The summed E-state index contributed by atoms with van der Waals surface area (Å²) in [6.45, 7) is 3.36. The quantitative estimate of drug-likeness (QED) is 0.820. The summed E-state index contributed by atoms with van der Waals surface area (Å²) >= 11 is 0. The fourth-order valence-electron chi connectivity index (χ4n) is 1.95. The molecule has 1 aliphatic heterocycles. The van der Waals surface area contributed by atoms with Crippen molar-refractivity contribution in [3.63, 3.8) is 0 Å². The fraction of sp³-hybridized carbons (Fsp3) is 0.308. The van der Waals surface area contributed by atoms with Gasteiger partial charge in [0, 0.05) is 25.4 Å². The maximum Gasteiger partial charge on any atom is 0.181 e. The molecule has 1 aromatic carbocycles. The van der Waals surface area contributed by atoms with Crippen LogP contribution in [0, 0.1) is 0 Å². The van der Waals surface area contributed by atoms with Gasteiger partial charge in [0.15, 0.2) is 5.82 Å². The van der Waals surface area contributed by atoms with E-state index in [4.69, 9.17) is 4.74 Å². The number of hydrogen-bond acceptors (Lipinski definition) is 5. The van der Waals surface area contributed by atoms with Gasteiger partial charge in [-0.2, -0.15) is 4.68 Å². The number of para-hydroxylation sites is 1. The Balaban J connectivity index is 1.78. The number of benzene rings is 1. The van der Waals surface area contributed by atoms with Gasteiger partial charge in [0.1, 0.15) is 0 Å². The van der Waals surface area contributed by atoms with E-state index in [1.807, 2.05) is 42.6 Å².